The maximum absolute atomic E-state index is 14.1. The van der Waals surface area contributed by atoms with E-state index in [9.17, 15) is 13.6 Å². The lowest BCUT2D eigenvalue weighted by molar-refractivity contribution is 0.102. The smallest absolute Gasteiger partial charge is 0.258 e. The molecule has 0 bridgehead atoms. The van der Waals surface area contributed by atoms with E-state index in [4.69, 9.17) is 11.6 Å². The van der Waals surface area contributed by atoms with Crippen molar-refractivity contribution in [3.8, 4) is 22.5 Å². The van der Waals surface area contributed by atoms with E-state index in [0.29, 0.717) is 38.0 Å². The number of thiazole rings is 1. The number of halogens is 3. The maximum atomic E-state index is 14.1. The summed E-state index contributed by atoms with van der Waals surface area (Å²) in [6.45, 7) is 0. The third kappa shape index (κ3) is 4.33. The summed E-state index contributed by atoms with van der Waals surface area (Å²) in [6.07, 6.45) is 0. The Labute approximate surface area is 196 Å². The molecule has 5 rings (SSSR count). The molecule has 0 aliphatic carbocycles. The van der Waals surface area contributed by atoms with Gasteiger partial charge >= 0.3 is 0 Å². The number of hydrogen-bond donors (Lipinski definition) is 1. The number of nitrogens with zero attached hydrogens (tertiary/aromatic N) is 2. The first-order chi connectivity index (χ1) is 16.0. The number of benzene rings is 3. The van der Waals surface area contributed by atoms with E-state index in [2.05, 4.69) is 15.3 Å². The Morgan fingerprint density at radius 2 is 1.70 bits per heavy atom. The Hall–Kier alpha value is -3.68. The molecule has 2 aromatic heterocycles. The number of carbonyl (C=O) groups is 1. The lowest BCUT2D eigenvalue weighted by atomic mass is 10.0. The van der Waals surface area contributed by atoms with Gasteiger partial charge < -0.3 is 0 Å². The number of para-hydroxylation sites is 1. The van der Waals surface area contributed by atoms with Crippen LogP contribution in [0, 0.1) is 11.6 Å². The van der Waals surface area contributed by atoms with Gasteiger partial charge in [-0.25, -0.2) is 18.7 Å². The summed E-state index contributed by atoms with van der Waals surface area (Å²) in [6, 6.07) is 19.6. The molecule has 162 valence electrons. The van der Waals surface area contributed by atoms with Crippen LogP contribution in [0.5, 0.6) is 0 Å². The lowest BCUT2D eigenvalue weighted by Gasteiger charge is -2.10. The van der Waals surface area contributed by atoms with Gasteiger partial charge in [0, 0.05) is 33.0 Å². The molecule has 0 radical (unpaired) electrons. The number of fused-ring (bicyclic) bond motifs is 1. The summed E-state index contributed by atoms with van der Waals surface area (Å²) < 4.78 is 27.3. The number of anilines is 1. The molecule has 0 aliphatic heterocycles. The van der Waals surface area contributed by atoms with Crippen LogP contribution in [0.25, 0.3) is 33.4 Å². The average Bonchev–Trinajstić information content (AvgIpc) is 3.26. The van der Waals surface area contributed by atoms with Crippen LogP contribution < -0.4 is 5.32 Å². The standard InChI is InChI=1S/C25H14ClF2N3OS/c26-15-7-5-14(6-8-15)22-12-19(17-3-1-2-4-21(17)29-22)24(32)31-25-30-23(13-33-25)18-10-9-16(27)11-20(18)28/h1-13H,(H,30,31,32). The van der Waals surface area contributed by atoms with Crippen molar-refractivity contribution >= 4 is 44.9 Å². The van der Waals surface area contributed by atoms with Crippen LogP contribution in [0.15, 0.2) is 78.2 Å². The second-order valence-corrected chi connectivity index (χ2v) is 8.49. The molecule has 1 amide bonds. The van der Waals surface area contributed by atoms with Gasteiger partial charge in [0.25, 0.3) is 5.91 Å². The second kappa shape index (κ2) is 8.69. The summed E-state index contributed by atoms with van der Waals surface area (Å²) >= 11 is 7.15. The fraction of sp³-hybridized carbons (Fsp3) is 0. The summed E-state index contributed by atoms with van der Waals surface area (Å²) in [5.74, 6) is -1.75. The fourth-order valence-electron chi connectivity index (χ4n) is 3.45. The summed E-state index contributed by atoms with van der Waals surface area (Å²) in [5, 5.41) is 5.98. The molecule has 8 heteroatoms. The Morgan fingerprint density at radius 3 is 2.48 bits per heavy atom. The Balaban J connectivity index is 1.50. The number of carbonyl (C=O) groups excluding carboxylic acids is 1. The molecule has 5 aromatic rings. The van der Waals surface area contributed by atoms with E-state index in [1.165, 1.54) is 6.07 Å². The van der Waals surface area contributed by atoms with Crippen molar-refractivity contribution < 1.29 is 13.6 Å². The van der Waals surface area contributed by atoms with Crippen molar-refractivity contribution in [3.63, 3.8) is 0 Å². The number of hydrogen-bond acceptors (Lipinski definition) is 4. The zero-order valence-corrected chi connectivity index (χ0v) is 18.4. The summed E-state index contributed by atoms with van der Waals surface area (Å²) in [4.78, 5) is 22.2. The van der Waals surface area contributed by atoms with Crippen molar-refractivity contribution in [2.45, 2.75) is 0 Å². The number of nitrogens with one attached hydrogen (secondary N) is 1. The van der Waals surface area contributed by atoms with E-state index in [-0.39, 0.29) is 11.5 Å². The number of aromatic nitrogens is 2. The van der Waals surface area contributed by atoms with Crippen LogP contribution in [0.3, 0.4) is 0 Å². The third-order valence-electron chi connectivity index (χ3n) is 5.03. The minimum absolute atomic E-state index is 0.160. The second-order valence-electron chi connectivity index (χ2n) is 7.20. The number of rotatable bonds is 4. The average molecular weight is 478 g/mol. The van der Waals surface area contributed by atoms with E-state index in [1.54, 1.807) is 23.6 Å². The van der Waals surface area contributed by atoms with Gasteiger partial charge in [0.2, 0.25) is 0 Å². The molecular weight excluding hydrogens is 464 g/mol. The van der Waals surface area contributed by atoms with Gasteiger partial charge in [-0.05, 0) is 36.4 Å². The molecule has 0 spiro atoms. The third-order valence-corrected chi connectivity index (χ3v) is 6.04. The molecule has 0 saturated heterocycles. The van der Waals surface area contributed by atoms with Crippen LogP contribution >= 0.6 is 22.9 Å². The van der Waals surface area contributed by atoms with Crippen LogP contribution in [0.2, 0.25) is 5.02 Å². The number of amides is 1. The molecule has 1 N–H and O–H groups in total. The zero-order valence-electron chi connectivity index (χ0n) is 16.9. The van der Waals surface area contributed by atoms with Crippen LogP contribution in [-0.2, 0) is 0 Å². The molecule has 0 fully saturated rings. The molecule has 0 atom stereocenters. The normalized spacial score (nSPS) is 11.0. The molecule has 0 unspecified atom stereocenters. The minimum Gasteiger partial charge on any atom is -0.298 e. The molecular formula is C25H14ClF2N3OS. The van der Waals surface area contributed by atoms with Gasteiger partial charge in [0.15, 0.2) is 5.13 Å². The van der Waals surface area contributed by atoms with Crippen molar-refractivity contribution in [2.75, 3.05) is 5.32 Å². The Bertz CT molecular complexity index is 1500. The van der Waals surface area contributed by atoms with Gasteiger partial charge in [-0.1, -0.05) is 41.9 Å². The molecule has 3 aromatic carbocycles. The van der Waals surface area contributed by atoms with E-state index in [0.717, 1.165) is 29.0 Å². The van der Waals surface area contributed by atoms with Gasteiger partial charge in [-0.2, -0.15) is 0 Å². The van der Waals surface area contributed by atoms with Crippen LogP contribution in [0.1, 0.15) is 10.4 Å². The molecule has 33 heavy (non-hydrogen) atoms. The Kier molecular flexibility index (Phi) is 5.58. The zero-order chi connectivity index (χ0) is 22.9. The predicted molar refractivity (Wildman–Crippen MR) is 128 cm³/mol. The predicted octanol–water partition coefficient (Wildman–Crippen LogP) is 7.21. The highest BCUT2D eigenvalue weighted by Crippen LogP contribution is 2.30. The van der Waals surface area contributed by atoms with Gasteiger partial charge in [-0.15, -0.1) is 11.3 Å². The van der Waals surface area contributed by atoms with E-state index >= 15 is 0 Å². The van der Waals surface area contributed by atoms with Gasteiger partial charge in [-0.3, -0.25) is 10.1 Å². The first kappa shape index (κ1) is 21.2. The quantitative estimate of drug-likeness (QED) is 0.297. The van der Waals surface area contributed by atoms with Crippen molar-refractivity contribution in [1.82, 2.24) is 9.97 Å². The van der Waals surface area contributed by atoms with Crippen molar-refractivity contribution in [2.24, 2.45) is 0 Å². The lowest BCUT2D eigenvalue weighted by Crippen LogP contribution is -2.13. The molecule has 0 saturated carbocycles. The highest BCUT2D eigenvalue weighted by Gasteiger charge is 2.17. The number of pyridine rings is 1. The SMILES string of the molecule is O=C(Nc1nc(-c2ccc(F)cc2F)cs1)c1cc(-c2ccc(Cl)cc2)nc2ccccc12. The highest BCUT2D eigenvalue weighted by atomic mass is 35.5. The molecule has 4 nitrogen and oxygen atoms in total. The maximum Gasteiger partial charge on any atom is 0.258 e. The molecule has 0 aliphatic rings. The minimum atomic E-state index is -0.717. The summed E-state index contributed by atoms with van der Waals surface area (Å²) in [7, 11) is 0. The topological polar surface area (TPSA) is 54.9 Å². The highest BCUT2D eigenvalue weighted by molar-refractivity contribution is 7.14. The van der Waals surface area contributed by atoms with E-state index in [1.807, 2.05) is 36.4 Å². The first-order valence-corrected chi connectivity index (χ1v) is 11.1. The van der Waals surface area contributed by atoms with Crippen LogP contribution in [0.4, 0.5) is 13.9 Å². The van der Waals surface area contributed by atoms with Crippen molar-refractivity contribution in [1.29, 1.82) is 0 Å². The van der Waals surface area contributed by atoms with E-state index < -0.39 is 11.6 Å². The van der Waals surface area contributed by atoms with Gasteiger partial charge in [0.1, 0.15) is 11.6 Å². The summed E-state index contributed by atoms with van der Waals surface area (Å²) in [5.41, 5.74) is 3.02. The van der Waals surface area contributed by atoms with Gasteiger partial charge in [0.05, 0.1) is 22.5 Å². The largest absolute Gasteiger partial charge is 0.298 e. The Morgan fingerprint density at radius 1 is 0.909 bits per heavy atom. The first-order valence-electron chi connectivity index (χ1n) is 9.86. The van der Waals surface area contributed by atoms with Crippen molar-refractivity contribution in [3.05, 3.63) is 100 Å². The van der Waals surface area contributed by atoms with Crippen LogP contribution in [-0.4, -0.2) is 15.9 Å². The molecule has 2 heterocycles. The monoisotopic (exact) mass is 477 g/mol. The fourth-order valence-corrected chi connectivity index (χ4v) is 4.28.